The third-order valence-electron chi connectivity index (χ3n) is 2.80. The predicted molar refractivity (Wildman–Crippen MR) is 86.4 cm³/mol. The van der Waals surface area contributed by atoms with Gasteiger partial charge in [-0.05, 0) is 17.8 Å². The number of imidazole rings is 1. The van der Waals surface area contributed by atoms with Crippen LogP contribution in [-0.2, 0) is 11.8 Å². The number of hydrazone groups is 1. The number of carbonyl (C=O) groups excluding carboxylic acids is 1. The Hall–Kier alpha value is -3.19. The highest BCUT2D eigenvalue weighted by atomic mass is 32.2. The minimum Gasteiger partial charge on any atom is -0.329 e. The molecular weight excluding hydrogens is 332 g/mol. The van der Waals surface area contributed by atoms with Crippen LogP contribution < -0.4 is 5.43 Å². The second kappa shape index (κ2) is 7.89. The highest BCUT2D eigenvalue weighted by Crippen LogP contribution is 2.34. The van der Waals surface area contributed by atoms with E-state index in [0.717, 1.165) is 0 Å². The van der Waals surface area contributed by atoms with Gasteiger partial charge in [-0.1, -0.05) is 6.07 Å². The molecule has 10 heteroatoms. The molecule has 0 unspecified atom stereocenters. The zero-order valence-corrected chi connectivity index (χ0v) is 13.4. The lowest BCUT2D eigenvalue weighted by Gasteiger charge is -2.04. The molecule has 0 radical (unpaired) electrons. The van der Waals surface area contributed by atoms with Crippen molar-refractivity contribution < 1.29 is 9.72 Å². The van der Waals surface area contributed by atoms with Gasteiger partial charge in [0, 0.05) is 31.1 Å². The highest BCUT2D eigenvalue weighted by molar-refractivity contribution is 7.99. The SMILES string of the molecule is Cn1ccnc1Sc1ccc(/C=N/NC(=O)CC#N)cc1[N+](=O)[O-]. The van der Waals surface area contributed by atoms with Crippen molar-refractivity contribution in [3.8, 4) is 6.07 Å². The molecule has 0 aliphatic heterocycles. The summed E-state index contributed by atoms with van der Waals surface area (Å²) in [6.45, 7) is 0. The molecule has 2 rings (SSSR count). The van der Waals surface area contributed by atoms with Gasteiger partial charge in [0.15, 0.2) is 5.16 Å². The number of nitrogens with one attached hydrogen (secondary N) is 1. The van der Waals surface area contributed by atoms with Crippen LogP contribution in [0.1, 0.15) is 12.0 Å². The van der Waals surface area contributed by atoms with Gasteiger partial charge in [-0.25, -0.2) is 10.4 Å². The number of nitro groups is 1. The van der Waals surface area contributed by atoms with Crippen LogP contribution >= 0.6 is 11.8 Å². The van der Waals surface area contributed by atoms with E-state index in [1.54, 1.807) is 42.2 Å². The largest absolute Gasteiger partial charge is 0.329 e. The van der Waals surface area contributed by atoms with Crippen molar-refractivity contribution in [2.24, 2.45) is 12.1 Å². The lowest BCUT2D eigenvalue weighted by Crippen LogP contribution is -2.16. The lowest BCUT2D eigenvalue weighted by atomic mass is 10.2. The van der Waals surface area contributed by atoms with E-state index in [-0.39, 0.29) is 12.1 Å². The average Bonchev–Trinajstić information content (AvgIpc) is 2.94. The lowest BCUT2D eigenvalue weighted by molar-refractivity contribution is -0.387. The van der Waals surface area contributed by atoms with Crippen LogP contribution in [0, 0.1) is 21.4 Å². The van der Waals surface area contributed by atoms with E-state index in [9.17, 15) is 14.9 Å². The molecule has 1 heterocycles. The molecular formula is C14H12N6O3S. The van der Waals surface area contributed by atoms with Crippen molar-refractivity contribution in [3.05, 3.63) is 46.3 Å². The minimum atomic E-state index is -0.551. The van der Waals surface area contributed by atoms with Gasteiger partial charge in [0.05, 0.1) is 22.1 Å². The summed E-state index contributed by atoms with van der Waals surface area (Å²) in [7, 11) is 1.80. The van der Waals surface area contributed by atoms with Crippen molar-refractivity contribution in [1.82, 2.24) is 15.0 Å². The Labute approximate surface area is 141 Å². The van der Waals surface area contributed by atoms with Crippen molar-refractivity contribution in [2.75, 3.05) is 0 Å². The van der Waals surface area contributed by atoms with Crippen LogP contribution in [0.5, 0.6) is 0 Å². The maximum Gasteiger partial charge on any atom is 0.283 e. The molecule has 0 atom stereocenters. The first-order valence-electron chi connectivity index (χ1n) is 6.63. The number of nitrogens with zero attached hydrogens (tertiary/aromatic N) is 5. The Morgan fingerprint density at radius 2 is 2.42 bits per heavy atom. The fourth-order valence-corrected chi connectivity index (χ4v) is 2.57. The van der Waals surface area contributed by atoms with Crippen LogP contribution in [0.15, 0.2) is 45.7 Å². The van der Waals surface area contributed by atoms with Crippen molar-refractivity contribution in [2.45, 2.75) is 16.5 Å². The number of nitro benzene ring substituents is 1. The smallest absolute Gasteiger partial charge is 0.283 e. The van der Waals surface area contributed by atoms with Gasteiger partial charge in [-0.15, -0.1) is 0 Å². The zero-order valence-electron chi connectivity index (χ0n) is 12.5. The number of aryl methyl sites for hydroxylation is 1. The quantitative estimate of drug-likeness (QED) is 0.484. The minimum absolute atomic E-state index is 0.0877. The van der Waals surface area contributed by atoms with Gasteiger partial charge in [0.1, 0.15) is 6.42 Å². The standard InChI is InChI=1S/C14H12N6O3S/c1-19-7-6-16-14(19)24-12-3-2-10(8-11(12)20(22)23)9-17-18-13(21)4-5-15/h2-3,6-9H,4H2,1H3,(H,18,21)/b17-9+. The number of aromatic nitrogens is 2. The van der Waals surface area contributed by atoms with Gasteiger partial charge >= 0.3 is 0 Å². The van der Waals surface area contributed by atoms with Crippen LogP contribution in [0.3, 0.4) is 0 Å². The molecule has 24 heavy (non-hydrogen) atoms. The maximum atomic E-state index is 11.3. The van der Waals surface area contributed by atoms with Crippen LogP contribution in [-0.4, -0.2) is 26.6 Å². The summed E-state index contributed by atoms with van der Waals surface area (Å²) in [5, 5.41) is 23.9. The summed E-state index contributed by atoms with van der Waals surface area (Å²) in [4.78, 5) is 26.5. The molecule has 1 N–H and O–H groups in total. The summed E-state index contributed by atoms with van der Waals surface area (Å²) in [5.74, 6) is -0.551. The second-order valence-corrected chi connectivity index (χ2v) is 5.54. The zero-order chi connectivity index (χ0) is 17.5. The van der Waals surface area contributed by atoms with E-state index >= 15 is 0 Å². The number of nitriles is 1. The number of rotatable bonds is 6. The number of hydrogen-bond acceptors (Lipinski definition) is 7. The first-order chi connectivity index (χ1) is 11.5. The fourth-order valence-electron chi connectivity index (χ4n) is 1.68. The molecule has 0 aliphatic carbocycles. The van der Waals surface area contributed by atoms with Crippen LogP contribution in [0.4, 0.5) is 5.69 Å². The molecule has 0 aliphatic rings. The first kappa shape index (κ1) is 17.2. The van der Waals surface area contributed by atoms with Gasteiger partial charge in [0.25, 0.3) is 11.6 Å². The molecule has 0 saturated heterocycles. The number of carbonyl (C=O) groups is 1. The van der Waals surface area contributed by atoms with Gasteiger partial charge in [-0.3, -0.25) is 14.9 Å². The van der Waals surface area contributed by atoms with E-state index in [2.05, 4.69) is 15.5 Å². The third-order valence-corrected chi connectivity index (χ3v) is 3.94. The summed E-state index contributed by atoms with van der Waals surface area (Å²) in [5.41, 5.74) is 2.52. The molecule has 0 bridgehead atoms. The van der Waals surface area contributed by atoms with E-state index < -0.39 is 10.8 Å². The normalized spacial score (nSPS) is 10.5. The Balaban J connectivity index is 2.19. The van der Waals surface area contributed by atoms with E-state index in [0.29, 0.717) is 15.6 Å². The first-order valence-corrected chi connectivity index (χ1v) is 7.45. The van der Waals surface area contributed by atoms with E-state index in [1.165, 1.54) is 24.0 Å². The van der Waals surface area contributed by atoms with Crippen molar-refractivity contribution in [1.29, 1.82) is 5.26 Å². The molecule has 122 valence electrons. The maximum absolute atomic E-state index is 11.3. The molecule has 1 amide bonds. The van der Waals surface area contributed by atoms with Gasteiger partial charge < -0.3 is 4.57 Å². The van der Waals surface area contributed by atoms with Crippen LogP contribution in [0.25, 0.3) is 0 Å². The highest BCUT2D eigenvalue weighted by Gasteiger charge is 2.17. The van der Waals surface area contributed by atoms with Crippen molar-refractivity contribution in [3.63, 3.8) is 0 Å². The molecule has 2 aromatic rings. The predicted octanol–water partition coefficient (Wildman–Crippen LogP) is 1.84. The van der Waals surface area contributed by atoms with Gasteiger partial charge in [-0.2, -0.15) is 10.4 Å². The number of benzene rings is 1. The molecule has 0 saturated carbocycles. The number of hydrogen-bond donors (Lipinski definition) is 1. The van der Waals surface area contributed by atoms with Crippen molar-refractivity contribution >= 4 is 29.6 Å². The Morgan fingerprint density at radius 1 is 1.62 bits per heavy atom. The topological polar surface area (TPSA) is 126 Å². The molecule has 1 aromatic carbocycles. The molecule has 0 fully saturated rings. The molecule has 0 spiro atoms. The molecule has 1 aromatic heterocycles. The Bertz CT molecular complexity index is 839. The van der Waals surface area contributed by atoms with E-state index in [1.807, 2.05) is 0 Å². The average molecular weight is 344 g/mol. The fraction of sp³-hybridized carbons (Fsp3) is 0.143. The van der Waals surface area contributed by atoms with Crippen LogP contribution in [0.2, 0.25) is 0 Å². The third kappa shape index (κ3) is 4.40. The Kier molecular flexibility index (Phi) is 5.64. The summed E-state index contributed by atoms with van der Waals surface area (Å²) in [6.07, 6.45) is 4.33. The van der Waals surface area contributed by atoms with E-state index in [4.69, 9.17) is 5.26 Å². The monoisotopic (exact) mass is 344 g/mol. The van der Waals surface area contributed by atoms with Gasteiger partial charge in [0.2, 0.25) is 0 Å². The number of amides is 1. The molecule has 9 nitrogen and oxygen atoms in total. The second-order valence-electron chi connectivity index (χ2n) is 4.54. The summed E-state index contributed by atoms with van der Waals surface area (Å²) >= 11 is 1.18. The Morgan fingerprint density at radius 3 is 3.04 bits per heavy atom. The summed E-state index contributed by atoms with van der Waals surface area (Å²) < 4.78 is 1.76. The summed E-state index contributed by atoms with van der Waals surface area (Å²) in [6, 6.07) is 6.27.